The molecule has 0 bridgehead atoms. The molecule has 44 heavy (non-hydrogen) atoms. The van der Waals surface area contributed by atoms with Crippen LogP contribution in [-0.2, 0) is 24.6 Å². The summed E-state index contributed by atoms with van der Waals surface area (Å²) >= 11 is 0. The van der Waals surface area contributed by atoms with E-state index in [1.807, 2.05) is 83.7 Å². The normalized spacial score (nSPS) is 19.5. The number of carbonyl (C=O) groups is 4. The van der Waals surface area contributed by atoms with E-state index >= 15 is 0 Å². The monoisotopic (exact) mass is 617 g/mol. The second kappa shape index (κ2) is 15.3. The Bertz CT molecular complexity index is 1140. The van der Waals surface area contributed by atoms with Crippen molar-refractivity contribution in [3.63, 3.8) is 0 Å². The zero-order chi connectivity index (χ0) is 33.6. The first-order valence-corrected chi connectivity index (χ1v) is 15.5. The number of carboxylic acid groups (broad SMARTS) is 1. The van der Waals surface area contributed by atoms with E-state index in [1.165, 1.54) is 4.90 Å². The summed E-state index contributed by atoms with van der Waals surface area (Å²) in [6, 6.07) is 7.58. The van der Waals surface area contributed by atoms with E-state index in [9.17, 15) is 29.4 Å². The number of aliphatic hydroxyl groups is 1. The fourth-order valence-electron chi connectivity index (χ4n) is 6.17. The lowest BCUT2D eigenvalue weighted by atomic mass is 9.76. The molecule has 2 rings (SSSR count). The second-order valence-electron chi connectivity index (χ2n) is 14.3. The molecule has 5 atom stereocenters. The van der Waals surface area contributed by atoms with Crippen LogP contribution in [0.4, 0.5) is 0 Å². The van der Waals surface area contributed by atoms with Crippen LogP contribution in [0.2, 0.25) is 0 Å². The number of carboxylic acids is 1. The molecular formula is C33H55N5O6. The number of β-amino-alcohol motifs (C(OH)–C–C–N with tert-alkyl or cyclic N) is 1. The van der Waals surface area contributed by atoms with Crippen LogP contribution in [0.15, 0.2) is 30.3 Å². The SMILES string of the molecule is CN[C@H](C(=O)NC(C(=O)N(C)[C@H](CN(C)CC(=O)N1CC(O)CC1CC(=O)O)C(C)C)C(C)(C)C)C(C)(C)c1ccccc1. The van der Waals surface area contributed by atoms with Crippen molar-refractivity contribution >= 4 is 23.7 Å². The average molecular weight is 618 g/mol. The Morgan fingerprint density at radius 2 is 1.61 bits per heavy atom. The predicted octanol–water partition coefficient (Wildman–Crippen LogP) is 1.93. The lowest BCUT2D eigenvalue weighted by Crippen LogP contribution is -2.62. The standard InChI is InChI=1S/C33H55N5O6/c1-21(2)25(19-36(9)20-26(40)38-18-24(39)16-23(38)17-27(41)42)37(10)31(44)29(32(3,4)5)35-30(43)28(34-8)33(6,7)22-14-12-11-13-15-22/h11-15,21,23-25,28-29,34,39H,16-20H2,1-10H3,(H,35,43)(H,41,42)/t23?,24?,25-,28-,29?/m1/s1. The number of carbonyl (C=O) groups excluding carboxylic acids is 3. The minimum atomic E-state index is -1.01. The average Bonchev–Trinajstić information content (AvgIpc) is 3.28. The summed E-state index contributed by atoms with van der Waals surface area (Å²) in [5.74, 6) is -1.73. The van der Waals surface area contributed by atoms with E-state index in [4.69, 9.17) is 0 Å². The van der Waals surface area contributed by atoms with E-state index in [-0.39, 0.29) is 55.6 Å². The van der Waals surface area contributed by atoms with E-state index in [2.05, 4.69) is 10.6 Å². The van der Waals surface area contributed by atoms with Gasteiger partial charge in [0, 0.05) is 37.6 Å². The van der Waals surface area contributed by atoms with E-state index < -0.39 is 41.0 Å². The van der Waals surface area contributed by atoms with Crippen LogP contribution in [0.1, 0.15) is 66.9 Å². The highest BCUT2D eigenvalue weighted by atomic mass is 16.4. The van der Waals surface area contributed by atoms with Crippen molar-refractivity contribution in [2.75, 3.05) is 40.8 Å². The van der Waals surface area contributed by atoms with Gasteiger partial charge in [0.15, 0.2) is 0 Å². The van der Waals surface area contributed by atoms with Gasteiger partial charge < -0.3 is 30.6 Å². The maximum absolute atomic E-state index is 14.1. The van der Waals surface area contributed by atoms with Gasteiger partial charge >= 0.3 is 5.97 Å². The fraction of sp³-hybridized carbons (Fsp3) is 0.697. The van der Waals surface area contributed by atoms with Gasteiger partial charge in [-0.15, -0.1) is 0 Å². The Balaban J connectivity index is 2.20. The van der Waals surface area contributed by atoms with Crippen molar-refractivity contribution in [3.05, 3.63) is 35.9 Å². The minimum absolute atomic E-state index is 0.0198. The van der Waals surface area contributed by atoms with Crippen LogP contribution in [0, 0.1) is 11.3 Å². The maximum Gasteiger partial charge on any atom is 0.305 e. The number of aliphatic hydroxyl groups excluding tert-OH is 1. The predicted molar refractivity (Wildman–Crippen MR) is 171 cm³/mol. The number of nitrogens with zero attached hydrogens (tertiary/aromatic N) is 3. The molecule has 1 heterocycles. The number of hydrogen-bond acceptors (Lipinski definition) is 7. The molecule has 3 amide bonds. The van der Waals surface area contributed by atoms with Crippen molar-refractivity contribution in [2.24, 2.45) is 11.3 Å². The zero-order valence-electron chi connectivity index (χ0n) is 28.3. The first kappa shape index (κ1) is 37.2. The molecule has 0 aliphatic carbocycles. The Kier molecular flexibility index (Phi) is 12.9. The Morgan fingerprint density at radius 1 is 1.02 bits per heavy atom. The fourth-order valence-corrected chi connectivity index (χ4v) is 6.17. The Hall–Kier alpha value is -3.02. The van der Waals surface area contributed by atoms with Crippen molar-refractivity contribution < 1.29 is 29.4 Å². The number of benzene rings is 1. The van der Waals surface area contributed by atoms with Crippen LogP contribution in [0.25, 0.3) is 0 Å². The first-order chi connectivity index (χ1) is 20.3. The quantitative estimate of drug-likeness (QED) is 0.248. The molecule has 0 saturated carbocycles. The van der Waals surface area contributed by atoms with Crippen molar-refractivity contribution in [1.29, 1.82) is 0 Å². The van der Waals surface area contributed by atoms with Crippen LogP contribution in [0.3, 0.4) is 0 Å². The Morgan fingerprint density at radius 3 is 2.11 bits per heavy atom. The number of likely N-dealkylation sites (N-methyl/N-ethyl adjacent to an activating group) is 3. The van der Waals surface area contributed by atoms with Crippen LogP contribution >= 0.6 is 0 Å². The number of hydrogen-bond donors (Lipinski definition) is 4. The molecule has 3 unspecified atom stereocenters. The molecule has 1 aromatic carbocycles. The third-order valence-corrected chi connectivity index (χ3v) is 8.83. The molecule has 11 heteroatoms. The molecule has 1 aromatic rings. The van der Waals surface area contributed by atoms with Gasteiger partial charge in [-0.05, 0) is 37.4 Å². The van der Waals surface area contributed by atoms with E-state index in [1.54, 1.807) is 26.0 Å². The molecule has 0 radical (unpaired) electrons. The second-order valence-corrected chi connectivity index (χ2v) is 14.3. The number of nitrogens with one attached hydrogen (secondary N) is 2. The summed E-state index contributed by atoms with van der Waals surface area (Å²) in [7, 11) is 5.26. The van der Waals surface area contributed by atoms with Crippen LogP contribution in [0.5, 0.6) is 0 Å². The van der Waals surface area contributed by atoms with E-state index in [0.29, 0.717) is 6.54 Å². The topological polar surface area (TPSA) is 143 Å². The number of rotatable bonds is 14. The lowest BCUT2D eigenvalue weighted by molar-refractivity contribution is -0.142. The highest BCUT2D eigenvalue weighted by Gasteiger charge is 2.42. The third-order valence-electron chi connectivity index (χ3n) is 8.83. The molecule has 248 valence electrons. The van der Waals surface area contributed by atoms with Gasteiger partial charge in [0.25, 0.3) is 0 Å². The summed E-state index contributed by atoms with van der Waals surface area (Å²) in [5, 5.41) is 25.5. The Labute approximate surface area is 263 Å². The molecule has 1 aliphatic rings. The first-order valence-electron chi connectivity index (χ1n) is 15.5. The lowest BCUT2D eigenvalue weighted by Gasteiger charge is -2.41. The number of aliphatic carboxylic acids is 1. The summed E-state index contributed by atoms with van der Waals surface area (Å²) in [6.45, 7) is 14.3. The largest absolute Gasteiger partial charge is 0.481 e. The van der Waals surface area contributed by atoms with Crippen molar-refractivity contribution in [2.45, 2.75) is 97.0 Å². The van der Waals surface area contributed by atoms with Gasteiger partial charge in [-0.3, -0.25) is 24.1 Å². The van der Waals surface area contributed by atoms with Crippen LogP contribution < -0.4 is 10.6 Å². The summed E-state index contributed by atoms with van der Waals surface area (Å²) in [4.78, 5) is 57.2. The van der Waals surface area contributed by atoms with E-state index in [0.717, 1.165) is 5.56 Å². The van der Waals surface area contributed by atoms with Gasteiger partial charge in [-0.1, -0.05) is 78.8 Å². The molecule has 0 aromatic heterocycles. The maximum atomic E-state index is 14.1. The van der Waals surface area contributed by atoms with Gasteiger partial charge in [-0.25, -0.2) is 0 Å². The highest BCUT2D eigenvalue weighted by molar-refractivity contribution is 5.91. The molecule has 11 nitrogen and oxygen atoms in total. The van der Waals surface area contributed by atoms with Crippen LogP contribution in [-0.4, -0.2) is 120 Å². The zero-order valence-corrected chi connectivity index (χ0v) is 28.3. The highest BCUT2D eigenvalue weighted by Crippen LogP contribution is 2.29. The van der Waals surface area contributed by atoms with Crippen molar-refractivity contribution in [3.8, 4) is 0 Å². The molecule has 0 spiro atoms. The molecule has 1 aliphatic heterocycles. The molecular weight excluding hydrogens is 562 g/mol. The van der Waals surface area contributed by atoms with Crippen molar-refractivity contribution in [1.82, 2.24) is 25.3 Å². The number of amides is 3. The van der Waals surface area contributed by atoms with Gasteiger partial charge in [0.2, 0.25) is 17.7 Å². The molecule has 1 fully saturated rings. The number of likely N-dealkylation sites (tertiary alicyclic amines) is 1. The minimum Gasteiger partial charge on any atom is -0.481 e. The summed E-state index contributed by atoms with van der Waals surface area (Å²) in [6.07, 6.45) is -0.717. The van der Waals surface area contributed by atoms with Gasteiger partial charge in [0.05, 0.1) is 25.1 Å². The molecule has 4 N–H and O–H groups in total. The summed E-state index contributed by atoms with van der Waals surface area (Å²) < 4.78 is 0. The van der Waals surface area contributed by atoms with Gasteiger partial charge in [-0.2, -0.15) is 0 Å². The van der Waals surface area contributed by atoms with Gasteiger partial charge in [0.1, 0.15) is 6.04 Å². The summed E-state index contributed by atoms with van der Waals surface area (Å²) in [5.41, 5.74) is -0.141. The third kappa shape index (κ3) is 9.49. The molecule has 1 saturated heterocycles. The smallest absolute Gasteiger partial charge is 0.305 e.